The molecular formula is C2H9NO4Si. The molecular weight excluding hydrogens is 130 g/mol. The van der Waals surface area contributed by atoms with E-state index in [-0.39, 0.29) is 6.15 Å². The Hall–Kier alpha value is -0.463. The fourth-order valence-corrected chi connectivity index (χ4v) is 0.438. The lowest BCUT2D eigenvalue weighted by atomic mass is 10.8. The quantitative estimate of drug-likeness (QED) is 0.333. The fraction of sp³-hybridized carbons (Fsp3) is 1.00. The van der Waals surface area contributed by atoms with Gasteiger partial charge >= 0.3 is 9.17 Å². The lowest BCUT2D eigenvalue weighted by Gasteiger charge is -1.98. The van der Waals surface area contributed by atoms with Crippen molar-refractivity contribution >= 4 is 9.17 Å². The van der Waals surface area contributed by atoms with Gasteiger partial charge in [0.1, 0.15) is 0 Å². The van der Waals surface area contributed by atoms with E-state index in [0.29, 0.717) is 0 Å². The first-order valence-corrected chi connectivity index (χ1v) is 2.97. The van der Waals surface area contributed by atoms with Gasteiger partial charge in [-0.25, -0.2) is 0 Å². The molecule has 1 atom stereocenters. The van der Waals surface area contributed by atoms with E-state index in [4.69, 9.17) is 9.90 Å². The number of rotatable bonds is 2. The Morgan fingerprint density at radius 3 is 2.12 bits per heavy atom. The van der Waals surface area contributed by atoms with Gasteiger partial charge in [-0.05, 0) is 6.92 Å². The maximum atomic E-state index is 9.61. The molecule has 5 N–H and O–H groups in total. The third kappa shape index (κ3) is 9.11. The Bertz CT molecular complexity index is 74.4. The van der Waals surface area contributed by atoms with E-state index in [1.165, 1.54) is 6.92 Å². The van der Waals surface area contributed by atoms with Crippen LogP contribution in [0.4, 0.5) is 0 Å². The molecule has 0 bridgehead atoms. The first-order chi connectivity index (χ1) is 3.13. The van der Waals surface area contributed by atoms with Crippen LogP contribution in [0.25, 0.3) is 0 Å². The summed E-state index contributed by atoms with van der Waals surface area (Å²) in [7, 11) is -2.93. The zero-order chi connectivity index (χ0) is 5.86. The highest BCUT2D eigenvalue weighted by atomic mass is 28.3. The SMILES string of the molecule is CC(O)O[Si](=O)O.N. The van der Waals surface area contributed by atoms with Crippen LogP contribution in [0.15, 0.2) is 0 Å². The van der Waals surface area contributed by atoms with Crippen LogP contribution in [0.5, 0.6) is 0 Å². The molecule has 0 aliphatic heterocycles. The average Bonchev–Trinajstić information content (AvgIpc) is 1.27. The third-order valence-corrected chi connectivity index (χ3v) is 0.814. The summed E-state index contributed by atoms with van der Waals surface area (Å²) in [6.45, 7) is 1.26. The van der Waals surface area contributed by atoms with Crippen LogP contribution in [0.1, 0.15) is 6.92 Å². The van der Waals surface area contributed by atoms with Crippen LogP contribution in [0, 0.1) is 0 Å². The summed E-state index contributed by atoms with van der Waals surface area (Å²) < 4.78 is 13.5. The van der Waals surface area contributed by atoms with E-state index >= 15 is 0 Å². The molecule has 0 saturated carbocycles. The van der Waals surface area contributed by atoms with Gasteiger partial charge in [0, 0.05) is 0 Å². The molecule has 0 spiro atoms. The minimum absolute atomic E-state index is 0. The Morgan fingerprint density at radius 1 is 1.75 bits per heavy atom. The molecule has 0 aromatic carbocycles. The van der Waals surface area contributed by atoms with Gasteiger partial charge in [0.25, 0.3) is 0 Å². The average molecular weight is 139 g/mol. The topological polar surface area (TPSA) is 102 Å². The van der Waals surface area contributed by atoms with Gasteiger partial charge in [-0.2, -0.15) is 0 Å². The Labute approximate surface area is 48.4 Å². The summed E-state index contributed by atoms with van der Waals surface area (Å²) in [5.41, 5.74) is 0. The van der Waals surface area contributed by atoms with Crippen LogP contribution in [-0.4, -0.2) is 25.4 Å². The Balaban J connectivity index is 0. The molecule has 0 aromatic rings. The first-order valence-electron chi connectivity index (χ1n) is 1.70. The molecule has 0 aliphatic rings. The molecule has 50 valence electrons. The van der Waals surface area contributed by atoms with Crippen LogP contribution >= 0.6 is 0 Å². The molecule has 0 heterocycles. The minimum atomic E-state index is -2.93. The first kappa shape index (κ1) is 10.5. The summed E-state index contributed by atoms with van der Waals surface area (Å²) >= 11 is 0. The van der Waals surface area contributed by atoms with Crippen molar-refractivity contribution < 1.29 is 18.8 Å². The number of hydrogen-bond donors (Lipinski definition) is 3. The zero-order valence-electron chi connectivity index (χ0n) is 4.50. The molecule has 6 heteroatoms. The van der Waals surface area contributed by atoms with Crippen LogP contribution in [0.2, 0.25) is 0 Å². The van der Waals surface area contributed by atoms with Crippen molar-refractivity contribution in [3.8, 4) is 0 Å². The summed E-state index contributed by atoms with van der Waals surface area (Å²) in [4.78, 5) is 7.89. The highest BCUT2D eigenvalue weighted by molar-refractivity contribution is 6.24. The molecule has 0 aromatic heterocycles. The molecule has 0 amide bonds. The van der Waals surface area contributed by atoms with Gasteiger partial charge in [-0.1, -0.05) is 0 Å². The van der Waals surface area contributed by atoms with E-state index in [1.54, 1.807) is 0 Å². The smallest absolute Gasteiger partial charge is 0.511 e. The largest absolute Gasteiger partial charge is 0.766 e. The second-order valence-corrected chi connectivity index (χ2v) is 1.75. The maximum absolute atomic E-state index is 9.61. The van der Waals surface area contributed by atoms with Gasteiger partial charge in [0.05, 0.1) is 0 Å². The van der Waals surface area contributed by atoms with E-state index in [0.717, 1.165) is 0 Å². The van der Waals surface area contributed by atoms with Crippen LogP contribution in [-0.2, 0) is 8.89 Å². The lowest BCUT2D eigenvalue weighted by Crippen LogP contribution is -2.14. The van der Waals surface area contributed by atoms with Crippen molar-refractivity contribution in [3.63, 3.8) is 0 Å². The molecule has 0 rings (SSSR count). The van der Waals surface area contributed by atoms with Gasteiger partial charge in [0.15, 0.2) is 6.29 Å². The van der Waals surface area contributed by atoms with Gasteiger partial charge < -0.3 is 20.5 Å². The number of aliphatic hydroxyl groups excluding tert-OH is 1. The zero-order valence-corrected chi connectivity index (χ0v) is 5.50. The predicted octanol–water partition coefficient (Wildman–Crippen LogP) is -1.09. The summed E-state index contributed by atoms with van der Waals surface area (Å²) in [5.74, 6) is 0. The maximum Gasteiger partial charge on any atom is 0.766 e. The molecule has 8 heavy (non-hydrogen) atoms. The monoisotopic (exact) mass is 139 g/mol. The highest BCUT2D eigenvalue weighted by Crippen LogP contribution is 1.78. The van der Waals surface area contributed by atoms with Crippen molar-refractivity contribution in [2.45, 2.75) is 13.2 Å². The van der Waals surface area contributed by atoms with E-state index in [2.05, 4.69) is 4.43 Å². The second kappa shape index (κ2) is 4.69. The fourth-order valence-electron chi connectivity index (χ4n) is 0.146. The molecule has 0 radical (unpaired) electrons. The third-order valence-electron chi connectivity index (χ3n) is 0.271. The molecule has 5 nitrogen and oxygen atoms in total. The van der Waals surface area contributed by atoms with Gasteiger partial charge in [0.2, 0.25) is 0 Å². The Kier molecular flexibility index (Phi) is 6.16. The summed E-state index contributed by atoms with van der Waals surface area (Å²) in [6.07, 6.45) is -1.14. The van der Waals surface area contributed by atoms with Gasteiger partial charge in [-0.15, -0.1) is 0 Å². The summed E-state index contributed by atoms with van der Waals surface area (Å²) in [5, 5.41) is 8.17. The lowest BCUT2D eigenvalue weighted by molar-refractivity contribution is -0.0209. The van der Waals surface area contributed by atoms with Crippen molar-refractivity contribution in [1.82, 2.24) is 6.15 Å². The van der Waals surface area contributed by atoms with Gasteiger partial charge in [-0.3, -0.25) is 4.46 Å². The highest BCUT2D eigenvalue weighted by Gasteiger charge is 2.05. The van der Waals surface area contributed by atoms with Crippen LogP contribution < -0.4 is 6.15 Å². The van der Waals surface area contributed by atoms with E-state index in [9.17, 15) is 4.46 Å². The van der Waals surface area contributed by atoms with Crippen molar-refractivity contribution in [2.75, 3.05) is 0 Å². The number of aliphatic hydroxyl groups is 1. The molecule has 1 unspecified atom stereocenters. The van der Waals surface area contributed by atoms with Crippen molar-refractivity contribution in [2.24, 2.45) is 0 Å². The normalized spacial score (nSPS) is 11.2. The second-order valence-electron chi connectivity index (χ2n) is 0.983. The van der Waals surface area contributed by atoms with E-state index < -0.39 is 15.5 Å². The molecule has 0 saturated heterocycles. The van der Waals surface area contributed by atoms with Crippen molar-refractivity contribution in [3.05, 3.63) is 0 Å². The minimum Gasteiger partial charge on any atom is -0.511 e. The summed E-state index contributed by atoms with van der Waals surface area (Å²) in [6, 6.07) is 0. The standard InChI is InChI=1S/C2H6O4Si.H3N/c1-2(3)6-7(4)5;/h2-4H,1H3;1H3. The van der Waals surface area contributed by atoms with E-state index in [1.807, 2.05) is 0 Å². The molecule has 0 fully saturated rings. The number of hydrogen-bond acceptors (Lipinski definition) is 4. The molecule has 0 aliphatic carbocycles. The van der Waals surface area contributed by atoms with Crippen LogP contribution in [0.3, 0.4) is 0 Å². The predicted molar refractivity (Wildman–Crippen MR) is 26.4 cm³/mol. The van der Waals surface area contributed by atoms with Crippen molar-refractivity contribution in [1.29, 1.82) is 0 Å². The Morgan fingerprint density at radius 2 is 2.12 bits per heavy atom.